The molecule has 4 heteroatoms. The molecular formula is C18H17NO2S. The van der Waals surface area contributed by atoms with Crippen LogP contribution >= 0.6 is 0 Å². The van der Waals surface area contributed by atoms with E-state index in [9.17, 15) is 8.42 Å². The lowest BCUT2D eigenvalue weighted by Gasteiger charge is -2.09. The molecule has 0 heterocycles. The first-order valence-corrected chi connectivity index (χ1v) is 8.57. The van der Waals surface area contributed by atoms with Gasteiger partial charge in [0.15, 0.2) is 0 Å². The predicted molar refractivity (Wildman–Crippen MR) is 89.2 cm³/mol. The molecule has 0 aliphatic heterocycles. The number of benzene rings is 3. The summed E-state index contributed by atoms with van der Waals surface area (Å²) in [6.45, 7) is 2.21. The zero-order valence-corrected chi connectivity index (χ0v) is 13.1. The van der Waals surface area contributed by atoms with Gasteiger partial charge < -0.3 is 0 Å². The highest BCUT2D eigenvalue weighted by atomic mass is 32.2. The van der Waals surface area contributed by atoms with E-state index in [1.807, 2.05) is 49.4 Å². The van der Waals surface area contributed by atoms with E-state index >= 15 is 0 Å². The quantitative estimate of drug-likeness (QED) is 0.800. The zero-order chi connectivity index (χ0) is 15.6. The smallest absolute Gasteiger partial charge is 0.207 e. The van der Waals surface area contributed by atoms with Crippen molar-refractivity contribution in [3.8, 4) is 0 Å². The van der Waals surface area contributed by atoms with Crippen LogP contribution in [0.2, 0.25) is 0 Å². The van der Waals surface area contributed by atoms with E-state index in [0.717, 1.165) is 21.9 Å². The highest BCUT2D eigenvalue weighted by Crippen LogP contribution is 2.19. The Bertz CT molecular complexity index is 895. The molecule has 0 bridgehead atoms. The largest absolute Gasteiger partial charge is 0.240 e. The fourth-order valence-electron chi connectivity index (χ4n) is 2.42. The maximum absolute atomic E-state index is 12.3. The summed E-state index contributed by atoms with van der Waals surface area (Å²) < 4.78 is 27.4. The minimum atomic E-state index is -3.49. The van der Waals surface area contributed by atoms with Crippen LogP contribution in [0.5, 0.6) is 0 Å². The Hall–Kier alpha value is -2.17. The number of hydrogen-bond donors (Lipinski definition) is 1. The molecule has 0 saturated heterocycles. The Labute approximate surface area is 130 Å². The van der Waals surface area contributed by atoms with Gasteiger partial charge in [-0.1, -0.05) is 60.2 Å². The Morgan fingerprint density at radius 3 is 2.32 bits per heavy atom. The monoisotopic (exact) mass is 311 g/mol. The number of sulfonamides is 1. The molecule has 112 valence electrons. The van der Waals surface area contributed by atoms with Gasteiger partial charge >= 0.3 is 0 Å². The Kier molecular flexibility index (Phi) is 3.96. The SMILES string of the molecule is Cc1ccc(S(=O)(=O)NCc2cccc3ccccc23)cc1. The van der Waals surface area contributed by atoms with Gasteiger partial charge in [-0.15, -0.1) is 0 Å². The van der Waals surface area contributed by atoms with Crippen LogP contribution in [-0.4, -0.2) is 8.42 Å². The van der Waals surface area contributed by atoms with Crippen molar-refractivity contribution in [3.63, 3.8) is 0 Å². The first-order valence-electron chi connectivity index (χ1n) is 7.09. The minimum Gasteiger partial charge on any atom is -0.207 e. The van der Waals surface area contributed by atoms with E-state index < -0.39 is 10.0 Å². The van der Waals surface area contributed by atoms with E-state index in [1.165, 1.54) is 0 Å². The van der Waals surface area contributed by atoms with Crippen molar-refractivity contribution in [2.45, 2.75) is 18.4 Å². The molecule has 3 rings (SSSR count). The fraction of sp³-hybridized carbons (Fsp3) is 0.111. The van der Waals surface area contributed by atoms with Gasteiger partial charge in [0.25, 0.3) is 0 Å². The van der Waals surface area contributed by atoms with Gasteiger partial charge in [-0.2, -0.15) is 0 Å². The van der Waals surface area contributed by atoms with Crippen LogP contribution in [0.1, 0.15) is 11.1 Å². The van der Waals surface area contributed by atoms with Gasteiger partial charge in [0, 0.05) is 6.54 Å². The third kappa shape index (κ3) is 3.03. The third-order valence-corrected chi connectivity index (χ3v) is 5.08. The van der Waals surface area contributed by atoms with Crippen LogP contribution in [0.25, 0.3) is 10.8 Å². The normalized spacial score (nSPS) is 11.7. The van der Waals surface area contributed by atoms with Crippen molar-refractivity contribution in [3.05, 3.63) is 77.9 Å². The summed E-state index contributed by atoms with van der Waals surface area (Å²) in [6, 6.07) is 20.7. The lowest BCUT2D eigenvalue weighted by Crippen LogP contribution is -2.23. The molecule has 3 aromatic carbocycles. The van der Waals surface area contributed by atoms with Crippen molar-refractivity contribution in [1.82, 2.24) is 4.72 Å². The Morgan fingerprint density at radius 2 is 1.55 bits per heavy atom. The summed E-state index contributed by atoms with van der Waals surface area (Å²) in [6.07, 6.45) is 0. The maximum atomic E-state index is 12.3. The Morgan fingerprint density at radius 1 is 0.864 bits per heavy atom. The molecule has 0 radical (unpaired) electrons. The molecule has 0 saturated carbocycles. The molecule has 0 aliphatic carbocycles. The van der Waals surface area contributed by atoms with Gasteiger partial charge in [0.2, 0.25) is 10.0 Å². The van der Waals surface area contributed by atoms with Crippen LogP contribution in [-0.2, 0) is 16.6 Å². The summed E-state index contributed by atoms with van der Waals surface area (Å²) in [5.74, 6) is 0. The summed E-state index contributed by atoms with van der Waals surface area (Å²) in [7, 11) is -3.49. The number of hydrogen-bond acceptors (Lipinski definition) is 2. The molecule has 3 aromatic rings. The maximum Gasteiger partial charge on any atom is 0.240 e. The van der Waals surface area contributed by atoms with E-state index in [0.29, 0.717) is 4.90 Å². The second kappa shape index (κ2) is 5.91. The van der Waals surface area contributed by atoms with E-state index in [4.69, 9.17) is 0 Å². The third-order valence-electron chi connectivity index (χ3n) is 3.66. The molecule has 0 fully saturated rings. The summed E-state index contributed by atoms with van der Waals surface area (Å²) in [5, 5.41) is 2.17. The van der Waals surface area contributed by atoms with E-state index in [2.05, 4.69) is 4.72 Å². The molecule has 22 heavy (non-hydrogen) atoms. The van der Waals surface area contributed by atoms with Crippen LogP contribution in [0.3, 0.4) is 0 Å². The zero-order valence-electron chi connectivity index (χ0n) is 12.3. The second-order valence-corrected chi connectivity index (χ2v) is 7.04. The highest BCUT2D eigenvalue weighted by molar-refractivity contribution is 7.89. The number of rotatable bonds is 4. The molecule has 0 aliphatic rings. The molecule has 3 nitrogen and oxygen atoms in total. The molecule has 0 unspecified atom stereocenters. The highest BCUT2D eigenvalue weighted by Gasteiger charge is 2.13. The lowest BCUT2D eigenvalue weighted by molar-refractivity contribution is 0.581. The summed E-state index contributed by atoms with van der Waals surface area (Å²) in [4.78, 5) is 0.290. The first kappa shape index (κ1) is 14.8. The van der Waals surface area contributed by atoms with Gasteiger partial charge in [-0.3, -0.25) is 0 Å². The predicted octanol–water partition coefficient (Wildman–Crippen LogP) is 3.63. The molecule has 0 spiro atoms. The van der Waals surface area contributed by atoms with Gasteiger partial charge in [0.05, 0.1) is 4.90 Å². The van der Waals surface area contributed by atoms with E-state index in [1.54, 1.807) is 24.3 Å². The van der Waals surface area contributed by atoms with Gasteiger partial charge in [-0.25, -0.2) is 13.1 Å². The van der Waals surface area contributed by atoms with Crippen molar-refractivity contribution in [1.29, 1.82) is 0 Å². The molecule has 0 amide bonds. The number of aryl methyl sites for hydroxylation is 1. The van der Waals surface area contributed by atoms with Crippen LogP contribution in [0, 0.1) is 6.92 Å². The average molecular weight is 311 g/mol. The topological polar surface area (TPSA) is 46.2 Å². The van der Waals surface area contributed by atoms with E-state index in [-0.39, 0.29) is 6.54 Å². The van der Waals surface area contributed by atoms with Crippen LogP contribution < -0.4 is 4.72 Å². The standard InChI is InChI=1S/C18H17NO2S/c1-14-9-11-17(12-10-14)22(20,21)19-13-16-7-4-6-15-5-2-3-8-18(15)16/h2-12,19H,13H2,1H3. The fourth-order valence-corrected chi connectivity index (χ4v) is 3.43. The summed E-state index contributed by atoms with van der Waals surface area (Å²) in [5.41, 5.74) is 2.00. The molecule has 1 N–H and O–H groups in total. The second-order valence-electron chi connectivity index (χ2n) is 5.28. The van der Waals surface area contributed by atoms with Gasteiger partial charge in [0.1, 0.15) is 0 Å². The van der Waals surface area contributed by atoms with Crippen LogP contribution in [0.15, 0.2) is 71.6 Å². The van der Waals surface area contributed by atoms with Crippen molar-refractivity contribution in [2.75, 3.05) is 0 Å². The van der Waals surface area contributed by atoms with Crippen molar-refractivity contribution < 1.29 is 8.42 Å². The van der Waals surface area contributed by atoms with Crippen LogP contribution in [0.4, 0.5) is 0 Å². The van der Waals surface area contributed by atoms with Crippen molar-refractivity contribution in [2.24, 2.45) is 0 Å². The lowest BCUT2D eigenvalue weighted by atomic mass is 10.1. The minimum absolute atomic E-state index is 0.275. The molecule has 0 aromatic heterocycles. The molecular weight excluding hydrogens is 294 g/mol. The number of nitrogens with one attached hydrogen (secondary N) is 1. The number of fused-ring (bicyclic) bond motifs is 1. The van der Waals surface area contributed by atoms with Gasteiger partial charge in [-0.05, 0) is 35.4 Å². The van der Waals surface area contributed by atoms with Crippen molar-refractivity contribution >= 4 is 20.8 Å². The first-order chi connectivity index (χ1) is 10.6. The average Bonchev–Trinajstić information content (AvgIpc) is 2.53. The summed E-state index contributed by atoms with van der Waals surface area (Å²) >= 11 is 0. The Balaban J connectivity index is 1.86. The molecule has 0 atom stereocenters.